The van der Waals surface area contributed by atoms with Crippen molar-refractivity contribution < 1.29 is 4.79 Å². The summed E-state index contributed by atoms with van der Waals surface area (Å²) >= 11 is 0. The molecular weight excluding hydrogens is 216 g/mol. The van der Waals surface area contributed by atoms with E-state index in [1.165, 1.54) is 0 Å². The topological polar surface area (TPSA) is 65.5 Å². The highest BCUT2D eigenvalue weighted by Crippen LogP contribution is 1.96. The Morgan fingerprint density at radius 3 is 2.88 bits per heavy atom. The van der Waals surface area contributed by atoms with Crippen LogP contribution in [0.2, 0.25) is 0 Å². The summed E-state index contributed by atoms with van der Waals surface area (Å²) < 4.78 is 0. The van der Waals surface area contributed by atoms with Gasteiger partial charge in [-0.3, -0.25) is 9.79 Å². The minimum absolute atomic E-state index is 0.0368. The Balaban J connectivity index is 1.67. The Kier molecular flexibility index (Phi) is 3.96. The van der Waals surface area contributed by atoms with Gasteiger partial charge in [0.2, 0.25) is 5.91 Å². The molecule has 0 atom stereocenters. The van der Waals surface area contributed by atoms with Crippen LogP contribution in [0.25, 0.3) is 0 Å². The van der Waals surface area contributed by atoms with Gasteiger partial charge >= 0.3 is 0 Å². The number of nitrogens with zero attached hydrogens (tertiary/aromatic N) is 1. The molecule has 0 unspecified atom stereocenters. The number of rotatable bonds is 4. The molecule has 0 spiro atoms. The van der Waals surface area contributed by atoms with E-state index < -0.39 is 0 Å². The molecule has 2 rings (SSSR count). The number of hydrogen-bond acceptors (Lipinski definition) is 4. The summed E-state index contributed by atoms with van der Waals surface area (Å²) in [6.45, 7) is 2.42. The van der Waals surface area contributed by atoms with Gasteiger partial charge in [0.25, 0.3) is 0 Å². The van der Waals surface area contributed by atoms with E-state index in [1.807, 2.05) is 30.3 Å². The van der Waals surface area contributed by atoms with Crippen molar-refractivity contribution in [3.63, 3.8) is 0 Å². The lowest BCUT2D eigenvalue weighted by Gasteiger charge is -2.07. The van der Waals surface area contributed by atoms with Crippen LogP contribution >= 0.6 is 0 Å². The van der Waals surface area contributed by atoms with Crippen LogP contribution in [0, 0.1) is 0 Å². The quantitative estimate of drug-likeness (QED) is 0.676. The Morgan fingerprint density at radius 1 is 1.35 bits per heavy atom. The summed E-state index contributed by atoms with van der Waals surface area (Å²) in [4.78, 5) is 15.7. The molecule has 0 saturated heterocycles. The number of carbonyl (C=O) groups is 1. The lowest BCUT2D eigenvalue weighted by Crippen LogP contribution is -2.41. The van der Waals surface area contributed by atoms with Crippen LogP contribution in [-0.4, -0.2) is 31.5 Å². The maximum Gasteiger partial charge on any atom is 0.239 e. The van der Waals surface area contributed by atoms with Crippen molar-refractivity contribution in [2.45, 2.75) is 6.54 Å². The van der Waals surface area contributed by atoms with E-state index in [2.05, 4.69) is 20.9 Å². The van der Waals surface area contributed by atoms with E-state index in [4.69, 9.17) is 0 Å². The predicted molar refractivity (Wildman–Crippen MR) is 66.6 cm³/mol. The number of guanidine groups is 1. The zero-order valence-electron chi connectivity index (χ0n) is 9.57. The largest absolute Gasteiger partial charge is 0.355 e. The zero-order valence-corrected chi connectivity index (χ0v) is 9.57. The number of amides is 1. The highest BCUT2D eigenvalue weighted by Gasteiger charge is 2.06. The highest BCUT2D eigenvalue weighted by molar-refractivity contribution is 5.87. The highest BCUT2D eigenvalue weighted by atomic mass is 16.1. The second-order valence-corrected chi connectivity index (χ2v) is 3.77. The summed E-state index contributed by atoms with van der Waals surface area (Å²) in [6.07, 6.45) is 0. The van der Waals surface area contributed by atoms with Crippen molar-refractivity contribution in [1.29, 1.82) is 0 Å². The van der Waals surface area contributed by atoms with Crippen molar-refractivity contribution in [2.24, 2.45) is 4.99 Å². The van der Waals surface area contributed by atoms with Crippen molar-refractivity contribution in [3.8, 4) is 0 Å². The average molecular weight is 232 g/mol. The number of aliphatic imine (C=N–C) groups is 1. The first kappa shape index (κ1) is 11.4. The van der Waals surface area contributed by atoms with Crippen molar-refractivity contribution >= 4 is 11.9 Å². The van der Waals surface area contributed by atoms with E-state index in [0.717, 1.165) is 18.7 Å². The van der Waals surface area contributed by atoms with E-state index >= 15 is 0 Å². The molecule has 1 amide bonds. The van der Waals surface area contributed by atoms with Gasteiger partial charge in [-0.05, 0) is 5.56 Å². The molecule has 0 bridgehead atoms. The molecule has 0 aliphatic carbocycles. The predicted octanol–water partition coefficient (Wildman–Crippen LogP) is -0.148. The third-order valence-corrected chi connectivity index (χ3v) is 2.42. The first-order valence-corrected chi connectivity index (χ1v) is 5.67. The summed E-state index contributed by atoms with van der Waals surface area (Å²) in [6, 6.07) is 9.83. The molecular formula is C12H16N4O. The molecule has 0 radical (unpaired) electrons. The molecule has 0 aromatic heterocycles. The van der Waals surface area contributed by atoms with E-state index in [-0.39, 0.29) is 12.5 Å². The number of benzene rings is 1. The molecule has 1 aliphatic heterocycles. The molecule has 5 nitrogen and oxygen atoms in total. The summed E-state index contributed by atoms with van der Waals surface area (Å²) in [5.41, 5.74) is 1.09. The van der Waals surface area contributed by atoms with Crippen molar-refractivity contribution in [3.05, 3.63) is 35.9 Å². The van der Waals surface area contributed by atoms with E-state index in [1.54, 1.807) is 0 Å². The maximum atomic E-state index is 11.5. The van der Waals surface area contributed by atoms with Gasteiger partial charge < -0.3 is 16.0 Å². The lowest BCUT2D eigenvalue weighted by atomic mass is 10.2. The Hall–Kier alpha value is -2.04. The van der Waals surface area contributed by atoms with Crippen LogP contribution in [0.1, 0.15) is 5.56 Å². The van der Waals surface area contributed by atoms with Crippen LogP contribution in [0.5, 0.6) is 0 Å². The number of hydrogen-bond donors (Lipinski definition) is 3. The second-order valence-electron chi connectivity index (χ2n) is 3.77. The fraction of sp³-hybridized carbons (Fsp3) is 0.333. The van der Waals surface area contributed by atoms with Gasteiger partial charge in [-0.2, -0.15) is 0 Å². The monoisotopic (exact) mass is 232 g/mol. The molecule has 1 heterocycles. The standard InChI is InChI=1S/C12H16N4O/c17-11(9-16-12-13-6-7-14-12)15-8-10-4-2-1-3-5-10/h1-5H,6-9H2,(H,15,17)(H2,13,14,16). The van der Waals surface area contributed by atoms with E-state index in [0.29, 0.717) is 12.5 Å². The normalized spacial score (nSPS) is 13.8. The number of carbonyl (C=O) groups excluding carboxylic acids is 1. The first-order valence-electron chi connectivity index (χ1n) is 5.67. The molecule has 1 aromatic rings. The van der Waals surface area contributed by atoms with Crippen LogP contribution in [0.15, 0.2) is 35.3 Å². The third-order valence-electron chi connectivity index (χ3n) is 2.42. The van der Waals surface area contributed by atoms with Gasteiger partial charge in [-0.25, -0.2) is 0 Å². The molecule has 90 valence electrons. The molecule has 17 heavy (non-hydrogen) atoms. The third kappa shape index (κ3) is 3.79. The zero-order chi connectivity index (χ0) is 11.9. The van der Waals surface area contributed by atoms with Crippen molar-refractivity contribution in [2.75, 3.05) is 19.6 Å². The number of nitrogens with one attached hydrogen (secondary N) is 3. The maximum absolute atomic E-state index is 11.5. The van der Waals surface area contributed by atoms with E-state index in [9.17, 15) is 4.79 Å². The van der Waals surface area contributed by atoms with Crippen LogP contribution < -0.4 is 16.0 Å². The van der Waals surface area contributed by atoms with Crippen LogP contribution in [0.4, 0.5) is 0 Å². The van der Waals surface area contributed by atoms with Crippen molar-refractivity contribution in [1.82, 2.24) is 16.0 Å². The SMILES string of the molecule is O=C(CNC1=NCCN1)NCc1ccccc1. The smallest absolute Gasteiger partial charge is 0.239 e. The molecule has 0 fully saturated rings. The molecule has 5 heteroatoms. The Morgan fingerprint density at radius 2 is 2.18 bits per heavy atom. The van der Waals surface area contributed by atoms with Gasteiger partial charge in [0.15, 0.2) is 5.96 Å². The van der Waals surface area contributed by atoms with Gasteiger partial charge in [-0.15, -0.1) is 0 Å². The van der Waals surface area contributed by atoms with Gasteiger partial charge in [0.1, 0.15) is 0 Å². The minimum atomic E-state index is -0.0368. The van der Waals surface area contributed by atoms with Gasteiger partial charge in [0, 0.05) is 13.1 Å². The summed E-state index contributed by atoms with van der Waals surface area (Å²) in [5.74, 6) is 0.671. The minimum Gasteiger partial charge on any atom is -0.355 e. The molecule has 0 saturated carbocycles. The molecule has 3 N–H and O–H groups in total. The summed E-state index contributed by atoms with van der Waals surface area (Å²) in [7, 11) is 0. The van der Waals surface area contributed by atoms with Gasteiger partial charge in [-0.1, -0.05) is 30.3 Å². The Bertz CT molecular complexity index is 402. The fourth-order valence-corrected chi connectivity index (χ4v) is 1.54. The van der Waals surface area contributed by atoms with Crippen LogP contribution in [-0.2, 0) is 11.3 Å². The second kappa shape index (κ2) is 5.89. The Labute approximate surface area is 100 Å². The average Bonchev–Trinajstić information content (AvgIpc) is 2.88. The fourth-order valence-electron chi connectivity index (χ4n) is 1.54. The summed E-state index contributed by atoms with van der Waals surface area (Å²) in [5, 5.41) is 8.83. The molecule has 1 aliphatic rings. The molecule has 1 aromatic carbocycles. The lowest BCUT2D eigenvalue weighted by molar-refractivity contribution is -0.120. The van der Waals surface area contributed by atoms with Crippen LogP contribution in [0.3, 0.4) is 0 Å². The first-order chi connectivity index (χ1) is 8.34. The van der Waals surface area contributed by atoms with Gasteiger partial charge in [0.05, 0.1) is 13.1 Å².